The first-order valence-electron chi connectivity index (χ1n) is 9.33. The molecule has 0 saturated carbocycles. The van der Waals surface area contributed by atoms with Gasteiger partial charge in [-0.2, -0.15) is 0 Å². The number of nitrogens with zero attached hydrogens (tertiary/aromatic N) is 3. The van der Waals surface area contributed by atoms with E-state index in [9.17, 15) is 13.6 Å². The van der Waals surface area contributed by atoms with E-state index in [2.05, 4.69) is 15.0 Å². The molecule has 8 heteroatoms. The van der Waals surface area contributed by atoms with Gasteiger partial charge in [0, 0.05) is 30.6 Å². The minimum atomic E-state index is -0.780. The predicted octanol–water partition coefficient (Wildman–Crippen LogP) is 4.07. The van der Waals surface area contributed by atoms with E-state index in [-0.39, 0.29) is 29.1 Å². The van der Waals surface area contributed by atoms with Crippen LogP contribution in [0.4, 0.5) is 20.3 Å². The maximum absolute atomic E-state index is 14.2. The van der Waals surface area contributed by atoms with Crippen molar-refractivity contribution in [1.82, 2.24) is 15.0 Å². The van der Waals surface area contributed by atoms with Crippen molar-refractivity contribution < 1.29 is 13.6 Å². The smallest absolute Gasteiger partial charge is 0.187 e. The summed E-state index contributed by atoms with van der Waals surface area (Å²) in [5.41, 5.74) is 13.6. The summed E-state index contributed by atoms with van der Waals surface area (Å²) in [7, 11) is 0. The zero-order valence-electron chi connectivity index (χ0n) is 16.2. The van der Waals surface area contributed by atoms with E-state index in [0.717, 1.165) is 12.1 Å². The molecule has 0 bridgehead atoms. The molecule has 0 spiro atoms. The van der Waals surface area contributed by atoms with Gasteiger partial charge in [-0.05, 0) is 53.6 Å². The standard InChI is InChI=1S/C23H17F2N5O/c24-16-4-1-5-17(25)21(16)19-7-6-18(26)22(30-19)20(31)11-13-12-28-10-8-14(13)15-3-2-9-29-23(15)27/h1-10,12H,11,26H2,(H2,27,29). The first kappa shape index (κ1) is 20.1. The van der Waals surface area contributed by atoms with Crippen LogP contribution >= 0.6 is 0 Å². The number of benzene rings is 1. The molecule has 4 rings (SSSR count). The van der Waals surface area contributed by atoms with E-state index in [1.54, 1.807) is 36.8 Å². The SMILES string of the molecule is Nc1ccc(-c2c(F)cccc2F)nc1C(=O)Cc1cnccc1-c1cccnc1N. The van der Waals surface area contributed by atoms with Crippen molar-refractivity contribution in [3.8, 4) is 22.4 Å². The molecular formula is C23H17F2N5O. The van der Waals surface area contributed by atoms with Crippen LogP contribution in [-0.2, 0) is 6.42 Å². The molecule has 1 aromatic carbocycles. The molecule has 0 fully saturated rings. The van der Waals surface area contributed by atoms with Crippen LogP contribution in [0, 0.1) is 11.6 Å². The molecule has 0 aliphatic heterocycles. The summed E-state index contributed by atoms with van der Waals surface area (Å²) in [6, 6.07) is 11.5. The van der Waals surface area contributed by atoms with Gasteiger partial charge in [0.05, 0.1) is 16.9 Å². The second-order valence-corrected chi connectivity index (χ2v) is 6.80. The lowest BCUT2D eigenvalue weighted by Gasteiger charge is -2.12. The average Bonchev–Trinajstić information content (AvgIpc) is 2.75. The Morgan fingerprint density at radius 2 is 1.68 bits per heavy atom. The van der Waals surface area contributed by atoms with Crippen LogP contribution in [0.3, 0.4) is 0 Å². The van der Waals surface area contributed by atoms with Gasteiger partial charge < -0.3 is 11.5 Å². The fraction of sp³-hybridized carbons (Fsp3) is 0.0435. The Labute approximate surface area is 176 Å². The fourth-order valence-corrected chi connectivity index (χ4v) is 3.31. The molecule has 0 aliphatic carbocycles. The fourth-order valence-electron chi connectivity index (χ4n) is 3.31. The summed E-state index contributed by atoms with van der Waals surface area (Å²) in [6.45, 7) is 0. The van der Waals surface area contributed by atoms with Crippen molar-refractivity contribution in [2.75, 3.05) is 11.5 Å². The van der Waals surface area contributed by atoms with Crippen LogP contribution < -0.4 is 11.5 Å². The second kappa shape index (κ2) is 8.27. The number of halogens is 2. The number of Topliss-reactive ketones (excluding diaryl/α,β-unsaturated/α-hetero) is 1. The number of nitrogens with two attached hydrogens (primary N) is 2. The van der Waals surface area contributed by atoms with Gasteiger partial charge in [0.1, 0.15) is 23.1 Å². The highest BCUT2D eigenvalue weighted by Crippen LogP contribution is 2.29. The average molecular weight is 417 g/mol. The third-order valence-corrected chi connectivity index (χ3v) is 4.79. The number of carbonyl (C=O) groups excluding carboxylic acids is 1. The first-order chi connectivity index (χ1) is 15.0. The Bertz CT molecular complexity index is 1270. The summed E-state index contributed by atoms with van der Waals surface area (Å²) in [4.78, 5) is 25.4. The molecule has 0 saturated heterocycles. The lowest BCUT2D eigenvalue weighted by molar-refractivity contribution is 0.0989. The monoisotopic (exact) mass is 417 g/mol. The van der Waals surface area contributed by atoms with E-state index >= 15 is 0 Å². The molecule has 3 heterocycles. The van der Waals surface area contributed by atoms with Gasteiger partial charge in [0.2, 0.25) is 0 Å². The number of rotatable bonds is 5. The number of hydrogen-bond donors (Lipinski definition) is 2. The Kier molecular flexibility index (Phi) is 5.36. The van der Waals surface area contributed by atoms with Gasteiger partial charge in [-0.25, -0.2) is 18.7 Å². The maximum Gasteiger partial charge on any atom is 0.187 e. The molecule has 6 nitrogen and oxygen atoms in total. The lowest BCUT2D eigenvalue weighted by atomic mass is 9.97. The van der Waals surface area contributed by atoms with Gasteiger partial charge in [0.25, 0.3) is 0 Å². The molecule has 31 heavy (non-hydrogen) atoms. The maximum atomic E-state index is 14.2. The highest BCUT2D eigenvalue weighted by atomic mass is 19.1. The number of carbonyl (C=O) groups is 1. The normalized spacial score (nSPS) is 10.8. The number of anilines is 2. The van der Waals surface area contributed by atoms with Crippen molar-refractivity contribution in [2.45, 2.75) is 6.42 Å². The predicted molar refractivity (Wildman–Crippen MR) is 114 cm³/mol. The van der Waals surface area contributed by atoms with Crippen molar-refractivity contribution in [3.63, 3.8) is 0 Å². The molecule has 0 unspecified atom stereocenters. The summed E-state index contributed by atoms with van der Waals surface area (Å²) in [5.74, 6) is -1.67. The Morgan fingerprint density at radius 3 is 2.42 bits per heavy atom. The van der Waals surface area contributed by atoms with E-state index in [1.165, 1.54) is 18.2 Å². The molecular weight excluding hydrogens is 400 g/mol. The summed E-state index contributed by atoms with van der Waals surface area (Å²) < 4.78 is 28.3. The third kappa shape index (κ3) is 3.95. The summed E-state index contributed by atoms with van der Waals surface area (Å²) in [5, 5.41) is 0. The highest BCUT2D eigenvalue weighted by molar-refractivity contribution is 6.01. The van der Waals surface area contributed by atoms with Gasteiger partial charge in [0.15, 0.2) is 5.78 Å². The molecule has 4 N–H and O–H groups in total. The Balaban J connectivity index is 1.72. The molecule has 0 aliphatic rings. The van der Waals surface area contributed by atoms with Crippen molar-refractivity contribution in [1.29, 1.82) is 0 Å². The number of nitrogen functional groups attached to an aromatic ring is 2. The third-order valence-electron chi connectivity index (χ3n) is 4.79. The Morgan fingerprint density at radius 1 is 0.903 bits per heavy atom. The molecule has 0 atom stereocenters. The van der Waals surface area contributed by atoms with Crippen LogP contribution in [0.5, 0.6) is 0 Å². The first-order valence-corrected chi connectivity index (χ1v) is 9.33. The summed E-state index contributed by atoms with van der Waals surface area (Å²) in [6.07, 6.45) is 4.63. The Hall–Kier alpha value is -4.20. The summed E-state index contributed by atoms with van der Waals surface area (Å²) >= 11 is 0. The van der Waals surface area contributed by atoms with Gasteiger partial charge in [-0.3, -0.25) is 9.78 Å². The van der Waals surface area contributed by atoms with Crippen molar-refractivity contribution in [2.24, 2.45) is 0 Å². The van der Waals surface area contributed by atoms with Crippen LogP contribution in [0.25, 0.3) is 22.4 Å². The van der Waals surface area contributed by atoms with E-state index in [4.69, 9.17) is 11.5 Å². The number of pyridine rings is 3. The molecule has 3 aromatic heterocycles. The molecule has 154 valence electrons. The topological polar surface area (TPSA) is 108 Å². The number of hydrogen-bond acceptors (Lipinski definition) is 6. The largest absolute Gasteiger partial charge is 0.397 e. The van der Waals surface area contributed by atoms with Crippen LogP contribution in [0.15, 0.2) is 67.1 Å². The highest BCUT2D eigenvalue weighted by Gasteiger charge is 2.19. The number of aromatic nitrogens is 3. The van der Waals surface area contributed by atoms with E-state index < -0.39 is 17.4 Å². The second-order valence-electron chi connectivity index (χ2n) is 6.80. The molecule has 4 aromatic rings. The zero-order valence-corrected chi connectivity index (χ0v) is 16.2. The van der Waals surface area contributed by atoms with E-state index in [0.29, 0.717) is 22.5 Å². The van der Waals surface area contributed by atoms with E-state index in [1.807, 2.05) is 0 Å². The van der Waals surface area contributed by atoms with Gasteiger partial charge in [-0.1, -0.05) is 6.07 Å². The minimum absolute atomic E-state index is 0.0175. The van der Waals surface area contributed by atoms with Gasteiger partial charge in [-0.15, -0.1) is 0 Å². The number of ketones is 1. The minimum Gasteiger partial charge on any atom is -0.397 e. The molecule has 0 amide bonds. The van der Waals surface area contributed by atoms with Crippen molar-refractivity contribution in [3.05, 3.63) is 90.0 Å². The van der Waals surface area contributed by atoms with Crippen molar-refractivity contribution >= 4 is 17.3 Å². The van der Waals surface area contributed by atoms with Crippen LogP contribution in [0.1, 0.15) is 16.1 Å². The van der Waals surface area contributed by atoms with Gasteiger partial charge >= 0.3 is 0 Å². The molecule has 0 radical (unpaired) electrons. The van der Waals surface area contributed by atoms with Crippen LogP contribution in [-0.4, -0.2) is 20.7 Å². The lowest BCUT2D eigenvalue weighted by Crippen LogP contribution is -2.11. The quantitative estimate of drug-likeness (QED) is 0.474. The zero-order chi connectivity index (χ0) is 22.0. The van der Waals surface area contributed by atoms with Crippen LogP contribution in [0.2, 0.25) is 0 Å².